The number of carbonyl (C=O) groups is 10. The summed E-state index contributed by atoms with van der Waals surface area (Å²) in [6.45, 7) is 17.4. The van der Waals surface area contributed by atoms with Crippen LogP contribution >= 0.6 is 0 Å². The first-order chi connectivity index (χ1) is 32.4. The first-order valence-electron chi connectivity index (χ1n) is 25.2. The Hall–Kier alpha value is -5.30. The Bertz CT molecular complexity index is 1710. The van der Waals surface area contributed by atoms with Crippen LogP contribution in [0.15, 0.2) is 0 Å². The Kier molecular flexibility index (Phi) is 29.1. The van der Waals surface area contributed by atoms with Crippen molar-refractivity contribution in [1.29, 1.82) is 0 Å². The van der Waals surface area contributed by atoms with Gasteiger partial charge >= 0.3 is 11.9 Å². The predicted molar refractivity (Wildman–Crippen MR) is 259 cm³/mol. The molecule has 0 aliphatic carbocycles. The Balaban J connectivity index is 3.85. The Morgan fingerprint density at radius 1 is 0.594 bits per heavy atom. The van der Waals surface area contributed by atoms with Gasteiger partial charge in [0.15, 0.2) is 0 Å². The highest BCUT2D eigenvalue weighted by molar-refractivity contribution is 5.98. The van der Waals surface area contributed by atoms with E-state index in [2.05, 4.69) is 44.1 Å². The summed E-state index contributed by atoms with van der Waals surface area (Å²) >= 11 is 0. The van der Waals surface area contributed by atoms with Gasteiger partial charge in [0, 0.05) is 6.42 Å². The summed E-state index contributed by atoms with van der Waals surface area (Å²) in [7, 11) is 0. The molecule has 0 aromatic rings. The van der Waals surface area contributed by atoms with Crippen molar-refractivity contribution in [1.82, 2.24) is 37.2 Å². The van der Waals surface area contributed by atoms with Gasteiger partial charge in [0.05, 0.1) is 12.8 Å². The number of amides is 8. The zero-order valence-electron chi connectivity index (χ0n) is 43.0. The third-order valence-corrected chi connectivity index (χ3v) is 12.1. The van der Waals surface area contributed by atoms with Gasteiger partial charge in [0.25, 0.3) is 0 Å². The number of esters is 1. The van der Waals surface area contributed by atoms with Crippen LogP contribution in [0.3, 0.4) is 0 Å². The lowest BCUT2D eigenvalue weighted by Gasteiger charge is -2.29. The molecule has 1 unspecified atom stereocenters. The Morgan fingerprint density at radius 3 is 1.57 bits per heavy atom. The van der Waals surface area contributed by atoms with Gasteiger partial charge in [0.1, 0.15) is 48.4 Å². The normalized spacial score (nSPS) is 24.9. The number of nitrogens with one attached hydrogen (secondary N) is 7. The minimum atomic E-state index is -1.71. The summed E-state index contributed by atoms with van der Waals surface area (Å²) in [6, 6.07) is -9.49. The highest BCUT2D eigenvalue weighted by Gasteiger charge is 2.37. The molecule has 20 nitrogen and oxygen atoms in total. The number of aliphatic carboxylic acids is 1. The molecule has 0 spiro atoms. The quantitative estimate of drug-likeness (QED) is 0.0558. The molecule has 1 fully saturated rings. The van der Waals surface area contributed by atoms with Crippen molar-refractivity contribution in [2.24, 2.45) is 29.4 Å². The topological polar surface area (TPSA) is 310 Å². The highest BCUT2D eigenvalue weighted by atomic mass is 16.5. The number of hydrogen-bond acceptors (Lipinski definition) is 11. The fraction of sp³-hybridized carbons (Fsp3) is 0.796. The number of rotatable bonds is 22. The maximum absolute atomic E-state index is 14.1. The van der Waals surface area contributed by atoms with Gasteiger partial charge in [-0.15, -0.1) is 0 Å². The molecular weight excluding hydrogens is 893 g/mol. The van der Waals surface area contributed by atoms with E-state index in [9.17, 15) is 53.1 Å². The molecule has 20 heteroatoms. The second-order valence-electron chi connectivity index (χ2n) is 19.9. The number of hydrogen-bond donors (Lipinski definition) is 9. The average Bonchev–Trinajstić information content (AvgIpc) is 3.25. The smallest absolute Gasteiger partial charge is 0.329 e. The van der Waals surface area contributed by atoms with Gasteiger partial charge in [-0.05, 0) is 62.7 Å². The Labute approximate surface area is 409 Å². The van der Waals surface area contributed by atoms with Crippen molar-refractivity contribution < 1.29 is 57.8 Å². The molecule has 69 heavy (non-hydrogen) atoms. The van der Waals surface area contributed by atoms with Crippen molar-refractivity contribution in [2.45, 2.75) is 227 Å². The number of ether oxygens (including phenoxy) is 1. The van der Waals surface area contributed by atoms with E-state index in [1.165, 1.54) is 19.8 Å². The number of nitrogens with two attached hydrogens (primary N) is 1. The third-order valence-electron chi connectivity index (χ3n) is 12.1. The van der Waals surface area contributed by atoms with Crippen LogP contribution in [0.25, 0.3) is 0 Å². The van der Waals surface area contributed by atoms with Gasteiger partial charge in [0.2, 0.25) is 47.3 Å². The van der Waals surface area contributed by atoms with E-state index in [0.717, 1.165) is 38.5 Å². The van der Waals surface area contributed by atoms with Crippen LogP contribution in [0, 0.1) is 23.7 Å². The van der Waals surface area contributed by atoms with Gasteiger partial charge in [-0.2, -0.15) is 0 Å². The molecule has 9 atom stereocenters. The van der Waals surface area contributed by atoms with Crippen molar-refractivity contribution >= 4 is 59.2 Å². The number of carboxylic acid groups (broad SMARTS) is 1. The SMILES string of the molecule is CCCCCCCCCCCC1CC(=O)N[C@@H](CCC(N)=O)C(=O)N[C@@H](CC(C)C)C(=O)N[C@H](CC(C)C)C(=O)N[C@@H](C(C)C)C(=O)N[C@@H](CC(=O)O)C(=O)N[C@H](C)C(=O)N[C@@H]([C@@H](C)CC)C(=O)O1. The van der Waals surface area contributed by atoms with Crippen molar-refractivity contribution in [3.63, 3.8) is 0 Å². The maximum Gasteiger partial charge on any atom is 0.329 e. The average molecular weight is 979 g/mol. The molecule has 0 radical (unpaired) electrons. The molecule has 1 aliphatic heterocycles. The van der Waals surface area contributed by atoms with Crippen LogP contribution in [0.5, 0.6) is 0 Å². The number of carboxylic acids is 1. The summed E-state index contributed by atoms with van der Waals surface area (Å²) in [5.74, 6) is -10.3. The van der Waals surface area contributed by atoms with Crippen LogP contribution < -0.4 is 43.0 Å². The van der Waals surface area contributed by atoms with Gasteiger partial charge in [-0.3, -0.25) is 43.2 Å². The van der Waals surface area contributed by atoms with Gasteiger partial charge in [-0.1, -0.05) is 120 Å². The van der Waals surface area contributed by atoms with Crippen molar-refractivity contribution in [3.8, 4) is 0 Å². The summed E-state index contributed by atoms with van der Waals surface area (Å²) in [6.07, 6.45) is 7.06. The van der Waals surface area contributed by atoms with Crippen LogP contribution in [0.4, 0.5) is 0 Å². The molecule has 10 N–H and O–H groups in total. The summed E-state index contributed by atoms with van der Waals surface area (Å²) < 4.78 is 5.99. The standard InChI is InChI=1S/C49H86N8O12/c1-11-13-14-15-16-17-18-19-20-21-33-26-39(59)52-34(22-23-38(50)58)44(63)53-35(24-28(3)4)46(65)54-36(25-29(5)6)47(66)56-41(30(7)8)48(67)55-37(27-40(60)61)45(64)51-32(10)43(62)57-42(31(9)12-2)49(68)69-33/h28-37,41-42H,11-27H2,1-10H3,(H2,50,58)(H,51,64)(H,52,59)(H,53,63)(H,54,65)(H,55,67)(H,56,66)(H,57,62)(H,60,61)/t31-,32+,33?,34-,35-,36+,37-,41-,42-/m0/s1. The second-order valence-corrected chi connectivity index (χ2v) is 19.9. The number of carbonyl (C=O) groups excluding carboxylic acids is 9. The highest BCUT2D eigenvalue weighted by Crippen LogP contribution is 2.19. The van der Waals surface area contributed by atoms with E-state index in [1.54, 1.807) is 27.7 Å². The van der Waals surface area contributed by atoms with E-state index >= 15 is 0 Å². The molecule has 0 bridgehead atoms. The molecule has 0 aromatic heterocycles. The molecule has 1 rings (SSSR count). The van der Waals surface area contributed by atoms with E-state index in [0.29, 0.717) is 12.8 Å². The number of cyclic esters (lactones) is 1. The maximum atomic E-state index is 14.1. The van der Waals surface area contributed by atoms with Crippen LogP contribution in [0.2, 0.25) is 0 Å². The predicted octanol–water partition coefficient (Wildman–Crippen LogP) is 3.17. The molecule has 0 aromatic carbocycles. The van der Waals surface area contributed by atoms with Crippen molar-refractivity contribution in [2.75, 3.05) is 0 Å². The zero-order valence-corrected chi connectivity index (χ0v) is 43.0. The summed E-state index contributed by atoms with van der Waals surface area (Å²) in [5, 5.41) is 27.9. The van der Waals surface area contributed by atoms with Gasteiger partial charge < -0.3 is 52.8 Å². The molecule has 0 saturated carbocycles. The minimum absolute atomic E-state index is 0.0936. The zero-order chi connectivity index (χ0) is 52.4. The number of unbranched alkanes of at least 4 members (excludes halogenated alkanes) is 8. The molecule has 8 amide bonds. The first-order valence-corrected chi connectivity index (χ1v) is 25.2. The van der Waals surface area contributed by atoms with E-state index in [-0.39, 0.29) is 43.9 Å². The Morgan fingerprint density at radius 2 is 1.07 bits per heavy atom. The van der Waals surface area contributed by atoms with E-state index in [1.807, 2.05) is 27.7 Å². The van der Waals surface area contributed by atoms with E-state index < -0.39 is 132 Å². The fourth-order valence-electron chi connectivity index (χ4n) is 7.85. The van der Waals surface area contributed by atoms with Crippen LogP contribution in [-0.2, 0) is 52.7 Å². The van der Waals surface area contributed by atoms with E-state index in [4.69, 9.17) is 10.5 Å². The minimum Gasteiger partial charge on any atom is -0.481 e. The molecule has 394 valence electrons. The summed E-state index contributed by atoms with van der Waals surface area (Å²) in [5.41, 5.74) is 5.47. The van der Waals surface area contributed by atoms with Gasteiger partial charge in [-0.25, -0.2) is 4.79 Å². The summed E-state index contributed by atoms with van der Waals surface area (Å²) in [4.78, 5) is 135. The monoisotopic (exact) mass is 979 g/mol. The number of primary amides is 1. The lowest BCUT2D eigenvalue weighted by Crippen LogP contribution is -2.61. The molecular formula is C49H86N8O12. The molecule has 1 saturated heterocycles. The lowest BCUT2D eigenvalue weighted by atomic mass is 9.98. The lowest BCUT2D eigenvalue weighted by molar-refractivity contribution is -0.156. The molecule has 1 heterocycles. The second kappa shape index (κ2) is 32.5. The first kappa shape index (κ1) is 61.7. The third kappa shape index (κ3) is 24.7. The van der Waals surface area contributed by atoms with Crippen molar-refractivity contribution in [3.05, 3.63) is 0 Å². The molecule has 1 aliphatic rings. The fourth-order valence-corrected chi connectivity index (χ4v) is 7.85. The van der Waals surface area contributed by atoms with Crippen LogP contribution in [0.1, 0.15) is 178 Å². The van der Waals surface area contributed by atoms with Crippen LogP contribution in [-0.4, -0.2) is 113 Å². The largest absolute Gasteiger partial charge is 0.481 e.